The van der Waals surface area contributed by atoms with Crippen molar-refractivity contribution in [2.45, 2.75) is 19.0 Å². The first-order valence-electron chi connectivity index (χ1n) is 6.52. The highest BCUT2D eigenvalue weighted by Crippen LogP contribution is 2.21. The van der Waals surface area contributed by atoms with E-state index in [0.717, 1.165) is 38.3 Å². The molecule has 1 aromatic carbocycles. The van der Waals surface area contributed by atoms with Gasteiger partial charge in [-0.2, -0.15) is 0 Å². The summed E-state index contributed by atoms with van der Waals surface area (Å²) in [4.78, 5) is 2.42. The molecule has 2 N–H and O–H groups in total. The third kappa shape index (κ3) is 3.22. The van der Waals surface area contributed by atoms with Crippen LogP contribution in [0.5, 0.6) is 5.75 Å². The van der Waals surface area contributed by atoms with E-state index in [0.29, 0.717) is 6.04 Å². The van der Waals surface area contributed by atoms with Crippen LogP contribution in [0, 0.1) is 0 Å². The monoisotopic (exact) mass is 250 g/mol. The molecule has 2 rings (SSSR count). The summed E-state index contributed by atoms with van der Waals surface area (Å²) in [6.45, 7) is 4.11. The van der Waals surface area contributed by atoms with Crippen LogP contribution < -0.4 is 10.1 Å². The van der Waals surface area contributed by atoms with E-state index < -0.39 is 0 Å². The summed E-state index contributed by atoms with van der Waals surface area (Å²) in [5.74, 6) is 0.943. The predicted octanol–water partition coefficient (Wildman–Crippen LogP) is 0.851. The SMILES string of the molecule is COc1ccccc1CN1CCNCC1CCO. The minimum absolute atomic E-state index is 0.245. The van der Waals surface area contributed by atoms with E-state index in [9.17, 15) is 0 Å². The number of hydrogen-bond acceptors (Lipinski definition) is 4. The van der Waals surface area contributed by atoms with Gasteiger partial charge in [0.2, 0.25) is 0 Å². The van der Waals surface area contributed by atoms with Crippen molar-refractivity contribution in [3.05, 3.63) is 29.8 Å². The van der Waals surface area contributed by atoms with Crippen LogP contribution in [0.25, 0.3) is 0 Å². The molecule has 0 saturated carbocycles. The Bertz CT molecular complexity index is 369. The predicted molar refractivity (Wildman–Crippen MR) is 71.8 cm³/mol. The van der Waals surface area contributed by atoms with Crippen LogP contribution in [0.3, 0.4) is 0 Å². The maximum atomic E-state index is 9.12. The second-order valence-electron chi connectivity index (χ2n) is 4.65. The lowest BCUT2D eigenvalue weighted by atomic mass is 10.1. The number of benzene rings is 1. The van der Waals surface area contributed by atoms with Crippen molar-refractivity contribution in [1.29, 1.82) is 0 Å². The fraction of sp³-hybridized carbons (Fsp3) is 0.571. The molecule has 4 heteroatoms. The summed E-state index contributed by atoms with van der Waals surface area (Å²) >= 11 is 0. The van der Waals surface area contributed by atoms with Crippen LogP contribution in [-0.2, 0) is 6.54 Å². The molecule has 18 heavy (non-hydrogen) atoms. The number of methoxy groups -OCH3 is 1. The average molecular weight is 250 g/mol. The number of aliphatic hydroxyl groups excluding tert-OH is 1. The molecule has 0 aliphatic carbocycles. The second-order valence-corrected chi connectivity index (χ2v) is 4.65. The molecular weight excluding hydrogens is 228 g/mol. The highest BCUT2D eigenvalue weighted by atomic mass is 16.5. The lowest BCUT2D eigenvalue weighted by molar-refractivity contribution is 0.122. The Kier molecular flexibility index (Phi) is 4.99. The van der Waals surface area contributed by atoms with E-state index in [4.69, 9.17) is 9.84 Å². The molecule has 0 aromatic heterocycles. The van der Waals surface area contributed by atoms with Crippen LogP contribution in [0.1, 0.15) is 12.0 Å². The van der Waals surface area contributed by atoms with Crippen molar-refractivity contribution >= 4 is 0 Å². The topological polar surface area (TPSA) is 44.7 Å². The van der Waals surface area contributed by atoms with Crippen molar-refractivity contribution in [3.8, 4) is 5.75 Å². The van der Waals surface area contributed by atoms with Crippen molar-refractivity contribution in [2.75, 3.05) is 33.4 Å². The molecule has 1 aliphatic heterocycles. The van der Waals surface area contributed by atoms with Gasteiger partial charge in [-0.15, -0.1) is 0 Å². The number of piperazine rings is 1. The molecule has 1 heterocycles. The zero-order valence-electron chi connectivity index (χ0n) is 10.9. The molecular formula is C14H22N2O2. The zero-order valence-corrected chi connectivity index (χ0v) is 10.9. The Morgan fingerprint density at radius 3 is 3.06 bits per heavy atom. The first kappa shape index (κ1) is 13.3. The summed E-state index contributed by atoms with van der Waals surface area (Å²) in [6, 6.07) is 8.55. The van der Waals surface area contributed by atoms with E-state index in [2.05, 4.69) is 16.3 Å². The number of aliphatic hydroxyl groups is 1. The molecule has 1 saturated heterocycles. The maximum absolute atomic E-state index is 9.12. The Balaban J connectivity index is 2.05. The van der Waals surface area contributed by atoms with Crippen LogP contribution in [0.15, 0.2) is 24.3 Å². The zero-order chi connectivity index (χ0) is 12.8. The largest absolute Gasteiger partial charge is 0.496 e. The number of ether oxygens (including phenoxy) is 1. The second kappa shape index (κ2) is 6.73. The first-order valence-corrected chi connectivity index (χ1v) is 6.52. The molecule has 1 unspecified atom stereocenters. The minimum atomic E-state index is 0.245. The summed E-state index contributed by atoms with van der Waals surface area (Å²) in [6.07, 6.45) is 0.822. The Morgan fingerprint density at radius 1 is 1.44 bits per heavy atom. The average Bonchev–Trinajstić information content (AvgIpc) is 2.42. The van der Waals surface area contributed by atoms with E-state index in [1.165, 1.54) is 5.56 Å². The van der Waals surface area contributed by atoms with E-state index in [-0.39, 0.29) is 6.61 Å². The minimum Gasteiger partial charge on any atom is -0.496 e. The fourth-order valence-electron chi connectivity index (χ4n) is 2.50. The van der Waals surface area contributed by atoms with Gasteiger partial charge in [-0.3, -0.25) is 4.90 Å². The molecule has 1 aromatic rings. The summed E-state index contributed by atoms with van der Waals surface area (Å²) in [7, 11) is 1.71. The van der Waals surface area contributed by atoms with Crippen LogP contribution >= 0.6 is 0 Å². The number of hydrogen-bond donors (Lipinski definition) is 2. The summed E-state index contributed by atoms with van der Waals surface area (Å²) in [5.41, 5.74) is 1.21. The number of para-hydroxylation sites is 1. The van der Waals surface area contributed by atoms with Gasteiger partial charge in [0.15, 0.2) is 0 Å². The molecule has 0 radical (unpaired) electrons. The van der Waals surface area contributed by atoms with Gasteiger partial charge in [0.25, 0.3) is 0 Å². The lowest BCUT2D eigenvalue weighted by Gasteiger charge is -2.36. The molecule has 0 bridgehead atoms. The van der Waals surface area contributed by atoms with Gasteiger partial charge >= 0.3 is 0 Å². The Labute approximate surface area is 109 Å². The molecule has 4 nitrogen and oxygen atoms in total. The maximum Gasteiger partial charge on any atom is 0.123 e. The molecule has 100 valence electrons. The Hall–Kier alpha value is -1.10. The van der Waals surface area contributed by atoms with Crippen molar-refractivity contribution in [1.82, 2.24) is 10.2 Å². The van der Waals surface area contributed by atoms with E-state index in [1.54, 1.807) is 7.11 Å². The smallest absolute Gasteiger partial charge is 0.123 e. The number of rotatable bonds is 5. The highest BCUT2D eigenvalue weighted by Gasteiger charge is 2.22. The van der Waals surface area contributed by atoms with Gasteiger partial charge in [-0.25, -0.2) is 0 Å². The molecule has 1 fully saturated rings. The summed E-state index contributed by atoms with van der Waals surface area (Å²) < 4.78 is 5.39. The molecule has 1 atom stereocenters. The molecule has 1 aliphatic rings. The summed E-state index contributed by atoms with van der Waals surface area (Å²) in [5, 5.41) is 12.5. The van der Waals surface area contributed by atoms with Gasteiger partial charge in [0.05, 0.1) is 7.11 Å². The van der Waals surface area contributed by atoms with Crippen LogP contribution in [-0.4, -0.2) is 49.4 Å². The van der Waals surface area contributed by atoms with Crippen LogP contribution in [0.4, 0.5) is 0 Å². The standard InChI is InChI=1S/C14H22N2O2/c1-18-14-5-3-2-4-12(14)11-16-8-7-15-10-13(16)6-9-17/h2-5,13,15,17H,6-11H2,1H3. The quantitative estimate of drug-likeness (QED) is 0.813. The number of nitrogens with one attached hydrogen (secondary N) is 1. The third-order valence-corrected chi connectivity index (χ3v) is 3.50. The van der Waals surface area contributed by atoms with Gasteiger partial charge in [-0.1, -0.05) is 18.2 Å². The van der Waals surface area contributed by atoms with Crippen molar-refractivity contribution < 1.29 is 9.84 Å². The van der Waals surface area contributed by atoms with Gasteiger partial charge < -0.3 is 15.2 Å². The Morgan fingerprint density at radius 2 is 2.28 bits per heavy atom. The van der Waals surface area contributed by atoms with Crippen molar-refractivity contribution in [2.24, 2.45) is 0 Å². The van der Waals surface area contributed by atoms with Gasteiger partial charge in [0.1, 0.15) is 5.75 Å². The van der Waals surface area contributed by atoms with E-state index >= 15 is 0 Å². The van der Waals surface area contributed by atoms with Crippen molar-refractivity contribution in [3.63, 3.8) is 0 Å². The van der Waals surface area contributed by atoms with Gasteiger partial charge in [-0.05, 0) is 12.5 Å². The third-order valence-electron chi connectivity index (χ3n) is 3.50. The van der Waals surface area contributed by atoms with Crippen LogP contribution in [0.2, 0.25) is 0 Å². The molecule has 0 spiro atoms. The normalized spacial score (nSPS) is 20.9. The van der Waals surface area contributed by atoms with E-state index in [1.807, 2.05) is 18.2 Å². The fourth-order valence-corrected chi connectivity index (χ4v) is 2.50. The van der Waals surface area contributed by atoms with Gasteiger partial charge in [0, 0.05) is 44.4 Å². The lowest BCUT2D eigenvalue weighted by Crippen LogP contribution is -2.51. The highest BCUT2D eigenvalue weighted by molar-refractivity contribution is 5.33. The first-order chi connectivity index (χ1) is 8.85. The molecule has 0 amide bonds. The number of nitrogens with zero attached hydrogens (tertiary/aromatic N) is 1.